The van der Waals surface area contributed by atoms with E-state index < -0.39 is 5.91 Å². The predicted octanol–water partition coefficient (Wildman–Crippen LogP) is 3.51. The third-order valence-corrected chi connectivity index (χ3v) is 6.37. The first kappa shape index (κ1) is 23.1. The number of nitrogens with one attached hydrogen (secondary N) is 2. The van der Waals surface area contributed by atoms with Gasteiger partial charge in [-0.25, -0.2) is 0 Å². The first-order chi connectivity index (χ1) is 15.9. The number of thiocarbonyl (C=S) groups is 1. The minimum atomic E-state index is -0.476. The molecule has 0 saturated carbocycles. The summed E-state index contributed by atoms with van der Waals surface area (Å²) in [5.74, 6) is 0.231. The molecule has 2 heterocycles. The second kappa shape index (κ2) is 10.2. The highest BCUT2D eigenvalue weighted by molar-refractivity contribution is 8.26. The Morgan fingerprint density at radius 1 is 1.15 bits per heavy atom. The number of thioether (sulfide) groups is 1. The minimum Gasteiger partial charge on any atom is -0.454 e. The third-order valence-electron chi connectivity index (χ3n) is 4.76. The number of ether oxygens (including phenoxy) is 2. The summed E-state index contributed by atoms with van der Waals surface area (Å²) in [5, 5.41) is 0.421. The van der Waals surface area contributed by atoms with E-state index in [4.69, 9.17) is 33.3 Å². The van der Waals surface area contributed by atoms with Crippen LogP contribution in [0.25, 0.3) is 6.08 Å². The molecule has 33 heavy (non-hydrogen) atoms. The fraction of sp³-hybridized carbons (Fsp3) is 0.182. The average Bonchev–Trinajstić information content (AvgIpc) is 3.36. The molecule has 0 aromatic heterocycles. The summed E-state index contributed by atoms with van der Waals surface area (Å²) >= 11 is 12.4. The van der Waals surface area contributed by atoms with Gasteiger partial charge in [0.25, 0.3) is 11.8 Å². The van der Waals surface area contributed by atoms with E-state index >= 15 is 0 Å². The molecule has 0 bridgehead atoms. The van der Waals surface area contributed by atoms with Gasteiger partial charge in [0.2, 0.25) is 12.7 Å². The standard InChI is InChI=1S/C22H18ClN3O5S2/c23-15-4-1-3-14(11-15)20(28)25-24-19(27)5-2-8-26-21(29)18(33-22(26)32)10-13-6-7-16-17(9-13)31-12-30-16/h1,3-4,6-7,9-11H,2,5,8,12H2,(H,24,27)(H,25,28). The lowest BCUT2D eigenvalue weighted by molar-refractivity contribution is -0.124. The smallest absolute Gasteiger partial charge is 0.269 e. The van der Waals surface area contributed by atoms with Crippen molar-refractivity contribution in [1.29, 1.82) is 0 Å². The lowest BCUT2D eigenvalue weighted by Crippen LogP contribution is -2.41. The van der Waals surface area contributed by atoms with Crippen LogP contribution in [0, 0.1) is 0 Å². The highest BCUT2D eigenvalue weighted by atomic mass is 35.5. The highest BCUT2D eigenvalue weighted by Gasteiger charge is 2.31. The first-order valence-electron chi connectivity index (χ1n) is 9.90. The Balaban J connectivity index is 1.25. The Hall–Kier alpha value is -3.08. The SMILES string of the molecule is O=C(CCCN1C(=O)C(=Cc2ccc3c(c2)OCO3)SC1=S)NNC(=O)c1cccc(Cl)c1. The van der Waals surface area contributed by atoms with E-state index in [2.05, 4.69) is 10.9 Å². The fourth-order valence-electron chi connectivity index (χ4n) is 3.14. The first-order valence-corrected chi connectivity index (χ1v) is 11.5. The molecule has 2 aliphatic rings. The van der Waals surface area contributed by atoms with E-state index in [0.717, 1.165) is 5.56 Å². The summed E-state index contributed by atoms with van der Waals surface area (Å²) in [6, 6.07) is 11.8. The van der Waals surface area contributed by atoms with Gasteiger partial charge in [0.05, 0.1) is 4.91 Å². The number of hydrogen-bond acceptors (Lipinski definition) is 7. The molecular formula is C22H18ClN3O5S2. The molecule has 11 heteroatoms. The molecule has 2 N–H and O–H groups in total. The molecule has 0 unspecified atom stereocenters. The summed E-state index contributed by atoms with van der Waals surface area (Å²) in [4.78, 5) is 38.8. The molecular weight excluding hydrogens is 486 g/mol. The van der Waals surface area contributed by atoms with Gasteiger partial charge in [-0.1, -0.05) is 47.7 Å². The topological polar surface area (TPSA) is 97.0 Å². The minimum absolute atomic E-state index is 0.105. The number of fused-ring (bicyclic) bond motifs is 1. The Morgan fingerprint density at radius 2 is 1.97 bits per heavy atom. The summed E-state index contributed by atoms with van der Waals surface area (Å²) < 4.78 is 11.1. The van der Waals surface area contributed by atoms with E-state index in [9.17, 15) is 14.4 Å². The van der Waals surface area contributed by atoms with Crippen molar-refractivity contribution in [3.8, 4) is 11.5 Å². The monoisotopic (exact) mass is 503 g/mol. The number of benzene rings is 2. The van der Waals surface area contributed by atoms with Crippen LogP contribution < -0.4 is 20.3 Å². The van der Waals surface area contributed by atoms with Crippen LogP contribution in [0.3, 0.4) is 0 Å². The molecule has 4 rings (SSSR count). The molecule has 2 aromatic rings. The van der Waals surface area contributed by atoms with E-state index in [-0.39, 0.29) is 25.0 Å². The maximum absolute atomic E-state index is 12.8. The molecule has 0 radical (unpaired) electrons. The molecule has 1 saturated heterocycles. The van der Waals surface area contributed by atoms with Gasteiger partial charge in [0.1, 0.15) is 4.32 Å². The van der Waals surface area contributed by atoms with Crippen molar-refractivity contribution in [2.24, 2.45) is 0 Å². The lowest BCUT2D eigenvalue weighted by atomic mass is 10.2. The zero-order chi connectivity index (χ0) is 23.4. The van der Waals surface area contributed by atoms with Crippen LogP contribution in [0.2, 0.25) is 5.02 Å². The Labute approximate surface area is 204 Å². The molecule has 0 spiro atoms. The third kappa shape index (κ3) is 5.65. The molecule has 3 amide bonds. The Bertz CT molecular complexity index is 1170. The van der Waals surface area contributed by atoms with Crippen molar-refractivity contribution >= 4 is 63.7 Å². The van der Waals surface area contributed by atoms with E-state index in [1.54, 1.807) is 36.4 Å². The summed E-state index contributed by atoms with van der Waals surface area (Å²) in [5.41, 5.74) is 5.82. The lowest BCUT2D eigenvalue weighted by Gasteiger charge is -2.14. The van der Waals surface area contributed by atoms with Gasteiger partial charge in [-0.3, -0.25) is 30.1 Å². The highest BCUT2D eigenvalue weighted by Crippen LogP contribution is 2.36. The van der Waals surface area contributed by atoms with Crippen LogP contribution in [-0.2, 0) is 9.59 Å². The number of rotatable bonds is 6. The second-order valence-corrected chi connectivity index (χ2v) is 9.17. The van der Waals surface area contributed by atoms with Crippen molar-refractivity contribution < 1.29 is 23.9 Å². The Kier molecular flexibility index (Phi) is 7.17. The molecule has 1 fully saturated rings. The van der Waals surface area contributed by atoms with Crippen molar-refractivity contribution in [1.82, 2.24) is 15.8 Å². The number of carbonyl (C=O) groups is 3. The van der Waals surface area contributed by atoms with Gasteiger partial charge in [-0.2, -0.15) is 0 Å². The van der Waals surface area contributed by atoms with E-state index in [1.807, 2.05) is 6.07 Å². The van der Waals surface area contributed by atoms with Crippen molar-refractivity contribution in [3.05, 3.63) is 63.5 Å². The zero-order valence-corrected chi connectivity index (χ0v) is 19.5. The predicted molar refractivity (Wildman–Crippen MR) is 129 cm³/mol. The summed E-state index contributed by atoms with van der Waals surface area (Å²) in [6.45, 7) is 0.470. The van der Waals surface area contributed by atoms with Gasteiger partial charge in [-0.15, -0.1) is 0 Å². The fourth-order valence-corrected chi connectivity index (χ4v) is 4.63. The summed E-state index contributed by atoms with van der Waals surface area (Å²) in [7, 11) is 0. The van der Waals surface area contributed by atoms with Crippen LogP contribution in [0.4, 0.5) is 0 Å². The zero-order valence-electron chi connectivity index (χ0n) is 17.1. The molecule has 2 aliphatic heterocycles. The van der Waals surface area contributed by atoms with Gasteiger partial charge in [-0.05, 0) is 48.4 Å². The maximum atomic E-state index is 12.8. The van der Waals surface area contributed by atoms with Crippen molar-refractivity contribution in [3.63, 3.8) is 0 Å². The number of nitrogens with zero attached hydrogens (tertiary/aromatic N) is 1. The molecule has 8 nitrogen and oxygen atoms in total. The number of hydrogen-bond donors (Lipinski definition) is 2. The van der Waals surface area contributed by atoms with Gasteiger partial charge in [0.15, 0.2) is 11.5 Å². The number of halogens is 1. The quantitative estimate of drug-likeness (QED) is 0.353. The van der Waals surface area contributed by atoms with Crippen LogP contribution in [-0.4, -0.2) is 40.3 Å². The largest absolute Gasteiger partial charge is 0.454 e. The number of carbonyl (C=O) groups excluding carboxylic acids is 3. The van der Waals surface area contributed by atoms with Crippen LogP contribution >= 0.6 is 35.6 Å². The van der Waals surface area contributed by atoms with Crippen LogP contribution in [0.15, 0.2) is 47.4 Å². The molecule has 2 aromatic carbocycles. The van der Waals surface area contributed by atoms with Gasteiger partial charge < -0.3 is 9.47 Å². The normalized spacial score (nSPS) is 15.8. The van der Waals surface area contributed by atoms with Gasteiger partial charge in [0, 0.05) is 23.6 Å². The molecule has 0 aliphatic carbocycles. The molecule has 170 valence electrons. The van der Waals surface area contributed by atoms with Crippen LogP contribution in [0.5, 0.6) is 11.5 Å². The number of hydrazine groups is 1. The molecule has 0 atom stereocenters. The second-order valence-electron chi connectivity index (χ2n) is 7.06. The average molecular weight is 504 g/mol. The van der Waals surface area contributed by atoms with E-state index in [0.29, 0.717) is 44.3 Å². The Morgan fingerprint density at radius 3 is 2.79 bits per heavy atom. The van der Waals surface area contributed by atoms with Crippen molar-refractivity contribution in [2.75, 3.05) is 13.3 Å². The van der Waals surface area contributed by atoms with Gasteiger partial charge >= 0.3 is 0 Å². The van der Waals surface area contributed by atoms with E-state index in [1.165, 1.54) is 22.7 Å². The number of amides is 3. The van der Waals surface area contributed by atoms with Crippen molar-refractivity contribution in [2.45, 2.75) is 12.8 Å². The maximum Gasteiger partial charge on any atom is 0.269 e. The summed E-state index contributed by atoms with van der Waals surface area (Å²) in [6.07, 6.45) is 2.23. The van der Waals surface area contributed by atoms with Crippen LogP contribution in [0.1, 0.15) is 28.8 Å².